The van der Waals surface area contributed by atoms with Crippen LogP contribution in [0.1, 0.15) is 11.4 Å². The van der Waals surface area contributed by atoms with Gasteiger partial charge in [0.25, 0.3) is 11.6 Å². The lowest BCUT2D eigenvalue weighted by Crippen LogP contribution is -2.13. The minimum atomic E-state index is -0.575. The Bertz CT molecular complexity index is 728. The molecule has 0 unspecified atom stereocenters. The second-order valence-corrected chi connectivity index (χ2v) is 4.79. The molecule has 11 heteroatoms. The van der Waals surface area contributed by atoms with Gasteiger partial charge < -0.3 is 10.9 Å². The van der Waals surface area contributed by atoms with Crippen LogP contribution in [0, 0.1) is 17.0 Å². The third-order valence-corrected chi connectivity index (χ3v) is 3.13. The number of rotatable bonds is 4. The van der Waals surface area contributed by atoms with E-state index in [0.717, 1.165) is 0 Å². The molecule has 0 radical (unpaired) electrons. The first kappa shape index (κ1) is 14.7. The predicted molar refractivity (Wildman–Crippen MR) is 78.6 cm³/mol. The monoisotopic (exact) mass is 355 g/mol. The zero-order chi connectivity index (χ0) is 15.6. The average molecular weight is 356 g/mol. The molecular weight excluding hydrogens is 346 g/mol. The maximum atomic E-state index is 10.8. The number of nitrogen functional groups attached to an aromatic ring is 1. The van der Waals surface area contributed by atoms with Crippen molar-refractivity contribution < 1.29 is 10.0 Å². The van der Waals surface area contributed by atoms with Gasteiger partial charge in [-0.3, -0.25) is 10.1 Å². The van der Waals surface area contributed by atoms with Crippen LogP contribution in [0.25, 0.3) is 0 Å². The molecule has 0 fully saturated rings. The van der Waals surface area contributed by atoms with Crippen molar-refractivity contribution in [2.24, 2.45) is 5.10 Å². The Kier molecular flexibility index (Phi) is 4.03. The first-order chi connectivity index (χ1) is 9.90. The summed E-state index contributed by atoms with van der Waals surface area (Å²) < 4.78 is 1.37. The van der Waals surface area contributed by atoms with Gasteiger partial charge in [-0.05, 0) is 22.9 Å². The molecule has 0 aliphatic carbocycles. The third kappa shape index (κ3) is 3.08. The maximum absolute atomic E-state index is 10.8. The molecule has 0 amide bonds. The summed E-state index contributed by atoms with van der Waals surface area (Å²) in [5, 5.41) is 31.8. The van der Waals surface area contributed by atoms with Gasteiger partial charge in [0.1, 0.15) is 5.75 Å². The first-order valence-corrected chi connectivity index (χ1v) is 6.32. The van der Waals surface area contributed by atoms with Gasteiger partial charge in [0, 0.05) is 17.7 Å². The molecule has 2 rings (SSSR count). The van der Waals surface area contributed by atoms with Crippen LogP contribution in [0.4, 0.5) is 11.6 Å². The van der Waals surface area contributed by atoms with Crippen molar-refractivity contribution in [2.75, 3.05) is 11.3 Å². The molecular formula is C10H10BrN7O3. The van der Waals surface area contributed by atoms with Gasteiger partial charge in [0.2, 0.25) is 0 Å². The van der Waals surface area contributed by atoms with Crippen molar-refractivity contribution >= 4 is 33.8 Å². The number of hydrogen-bond acceptors (Lipinski definition) is 8. The quantitative estimate of drug-likeness (QED) is 0.322. The lowest BCUT2D eigenvalue weighted by atomic mass is 10.2. The van der Waals surface area contributed by atoms with E-state index >= 15 is 0 Å². The molecule has 0 spiro atoms. The molecule has 0 bridgehead atoms. The topological polar surface area (TPSA) is 144 Å². The van der Waals surface area contributed by atoms with Gasteiger partial charge in [0.15, 0.2) is 5.82 Å². The van der Waals surface area contributed by atoms with Crippen LogP contribution in [-0.4, -0.2) is 31.1 Å². The number of nitrogens with zero attached hydrogens (tertiary/aromatic N) is 5. The summed E-state index contributed by atoms with van der Waals surface area (Å²) in [7, 11) is 0. The van der Waals surface area contributed by atoms with E-state index in [-0.39, 0.29) is 27.4 Å². The molecule has 10 nitrogen and oxygen atoms in total. The highest BCUT2D eigenvalue weighted by Crippen LogP contribution is 2.31. The molecule has 0 atom stereocenters. The number of aryl methyl sites for hydroxylation is 1. The maximum Gasteiger partial charge on any atom is 0.271 e. The van der Waals surface area contributed by atoms with Crippen LogP contribution >= 0.6 is 15.9 Å². The summed E-state index contributed by atoms with van der Waals surface area (Å²) in [6.07, 6.45) is 1.21. The van der Waals surface area contributed by atoms with Crippen molar-refractivity contribution in [3.05, 3.63) is 38.1 Å². The van der Waals surface area contributed by atoms with E-state index in [0.29, 0.717) is 5.82 Å². The molecule has 1 heterocycles. The summed E-state index contributed by atoms with van der Waals surface area (Å²) >= 11 is 3.03. The second kappa shape index (κ2) is 5.75. The van der Waals surface area contributed by atoms with Crippen molar-refractivity contribution in [1.29, 1.82) is 0 Å². The number of nitro groups is 1. The number of halogens is 1. The van der Waals surface area contributed by atoms with E-state index < -0.39 is 4.92 Å². The van der Waals surface area contributed by atoms with Gasteiger partial charge in [0.05, 0.1) is 15.6 Å². The predicted octanol–water partition coefficient (Wildman–Crippen LogP) is 1.12. The van der Waals surface area contributed by atoms with Crippen LogP contribution < -0.4 is 11.3 Å². The number of non-ortho nitro benzene ring substituents is 1. The smallest absolute Gasteiger partial charge is 0.271 e. The molecule has 4 N–H and O–H groups in total. The number of benzene rings is 1. The molecule has 1 aromatic carbocycles. The number of nitro benzene ring substituents is 1. The lowest BCUT2D eigenvalue weighted by molar-refractivity contribution is -0.385. The Balaban J connectivity index is 2.24. The van der Waals surface area contributed by atoms with Crippen molar-refractivity contribution in [1.82, 2.24) is 14.9 Å². The number of aromatic nitrogens is 3. The number of hydrazone groups is 1. The SMILES string of the molecule is Cc1nnc(NN=Cc2cc([N+](=O)[O-])cc(Br)c2O)n1N. The Hall–Kier alpha value is -2.69. The molecule has 0 saturated heterocycles. The van der Waals surface area contributed by atoms with E-state index in [2.05, 4.69) is 36.7 Å². The van der Waals surface area contributed by atoms with Crippen LogP contribution in [0.3, 0.4) is 0 Å². The number of nitrogens with one attached hydrogen (secondary N) is 1. The lowest BCUT2D eigenvalue weighted by Gasteiger charge is -2.02. The fourth-order valence-corrected chi connectivity index (χ4v) is 1.88. The van der Waals surface area contributed by atoms with E-state index in [9.17, 15) is 15.2 Å². The molecule has 0 aliphatic heterocycles. The number of phenolic OH excluding ortho intramolecular Hbond substituents is 1. The summed E-state index contributed by atoms with van der Waals surface area (Å²) in [6.45, 7) is 1.66. The van der Waals surface area contributed by atoms with Crippen molar-refractivity contribution in [2.45, 2.75) is 6.92 Å². The fraction of sp³-hybridized carbons (Fsp3) is 0.100. The van der Waals surface area contributed by atoms with Crippen molar-refractivity contribution in [3.63, 3.8) is 0 Å². The summed E-state index contributed by atoms with van der Waals surface area (Å²) in [6, 6.07) is 2.38. The zero-order valence-electron chi connectivity index (χ0n) is 10.7. The van der Waals surface area contributed by atoms with Gasteiger partial charge in [-0.2, -0.15) is 5.10 Å². The van der Waals surface area contributed by atoms with Gasteiger partial charge in [-0.1, -0.05) is 0 Å². The highest BCUT2D eigenvalue weighted by atomic mass is 79.9. The van der Waals surface area contributed by atoms with Crippen LogP contribution in [0.5, 0.6) is 5.75 Å². The molecule has 0 aliphatic rings. The minimum Gasteiger partial charge on any atom is -0.506 e. The largest absolute Gasteiger partial charge is 0.506 e. The Morgan fingerprint density at radius 2 is 2.29 bits per heavy atom. The normalized spacial score (nSPS) is 11.0. The third-order valence-electron chi connectivity index (χ3n) is 2.52. The molecule has 2 aromatic rings. The van der Waals surface area contributed by atoms with Gasteiger partial charge in [-0.25, -0.2) is 10.1 Å². The number of aromatic hydroxyl groups is 1. The highest BCUT2D eigenvalue weighted by Gasteiger charge is 2.13. The summed E-state index contributed by atoms with van der Waals surface area (Å²) in [5.41, 5.74) is 2.49. The van der Waals surface area contributed by atoms with Crippen LogP contribution in [-0.2, 0) is 0 Å². The van der Waals surface area contributed by atoms with Crippen molar-refractivity contribution in [3.8, 4) is 5.75 Å². The number of hydrogen-bond donors (Lipinski definition) is 3. The minimum absolute atomic E-state index is 0.156. The standard InChI is InChI=1S/C10H10BrN7O3/c1-5-14-16-10(17(5)12)15-13-4-6-2-7(18(20)21)3-8(11)9(6)19/h2-4,19H,12H2,1H3,(H,15,16). The number of anilines is 1. The zero-order valence-corrected chi connectivity index (χ0v) is 12.3. The number of nitrogens with two attached hydrogens (primary N) is 1. The van der Waals surface area contributed by atoms with E-state index in [1.54, 1.807) is 6.92 Å². The molecule has 21 heavy (non-hydrogen) atoms. The summed E-state index contributed by atoms with van der Waals surface area (Å²) in [4.78, 5) is 10.2. The van der Waals surface area contributed by atoms with E-state index in [1.165, 1.54) is 23.0 Å². The van der Waals surface area contributed by atoms with E-state index in [4.69, 9.17) is 5.84 Å². The second-order valence-electron chi connectivity index (χ2n) is 3.93. The molecule has 110 valence electrons. The number of phenols is 1. The van der Waals surface area contributed by atoms with Gasteiger partial charge >= 0.3 is 0 Å². The molecule has 0 saturated carbocycles. The highest BCUT2D eigenvalue weighted by molar-refractivity contribution is 9.10. The van der Waals surface area contributed by atoms with Crippen LogP contribution in [0.15, 0.2) is 21.7 Å². The van der Waals surface area contributed by atoms with Crippen LogP contribution in [0.2, 0.25) is 0 Å². The fourth-order valence-electron chi connectivity index (χ4n) is 1.41. The Labute approximate surface area is 126 Å². The van der Waals surface area contributed by atoms with E-state index in [1.807, 2.05) is 0 Å². The Morgan fingerprint density at radius 1 is 1.57 bits per heavy atom. The molecule has 1 aromatic heterocycles. The Morgan fingerprint density at radius 3 is 2.86 bits per heavy atom. The first-order valence-electron chi connectivity index (χ1n) is 5.53. The summed E-state index contributed by atoms with van der Waals surface area (Å²) in [5.74, 6) is 6.11. The average Bonchev–Trinajstić information content (AvgIpc) is 2.75. The van der Waals surface area contributed by atoms with Gasteiger partial charge in [-0.15, -0.1) is 10.2 Å².